The molecule has 0 aliphatic heterocycles. The smallest absolute Gasteiger partial charge is 0.301 e. The Kier molecular flexibility index (Phi) is 3.48. The van der Waals surface area contributed by atoms with Crippen molar-refractivity contribution < 1.29 is 13.2 Å². The van der Waals surface area contributed by atoms with E-state index < -0.39 is 10.0 Å². The number of carbonyl (C=O) groups is 1. The van der Waals surface area contributed by atoms with Crippen molar-refractivity contribution in [1.29, 1.82) is 0 Å². The molecule has 0 aromatic carbocycles. The molecular formula is C6H8N4O3S2. The lowest BCUT2D eigenvalue weighted by Gasteiger charge is -1.91. The molecule has 9 heteroatoms. The van der Waals surface area contributed by atoms with Gasteiger partial charge in [-0.3, -0.25) is 4.79 Å². The van der Waals surface area contributed by atoms with E-state index in [-0.39, 0.29) is 15.4 Å². The van der Waals surface area contributed by atoms with Crippen LogP contribution in [-0.4, -0.2) is 30.7 Å². The molecular weight excluding hydrogens is 240 g/mol. The van der Waals surface area contributed by atoms with Crippen molar-refractivity contribution in [2.75, 3.05) is 5.32 Å². The molecule has 1 heterocycles. The summed E-state index contributed by atoms with van der Waals surface area (Å²) >= 11 is 0.752. The molecule has 0 saturated heterocycles. The van der Waals surface area contributed by atoms with Gasteiger partial charge in [-0.15, -0.1) is 10.2 Å². The van der Waals surface area contributed by atoms with Crippen LogP contribution in [0, 0.1) is 0 Å². The fourth-order valence-corrected chi connectivity index (χ4v) is 2.52. The zero-order valence-electron chi connectivity index (χ0n) is 7.96. The van der Waals surface area contributed by atoms with Crippen LogP contribution >= 0.6 is 11.3 Å². The first-order valence-corrected chi connectivity index (χ1v) is 6.07. The highest BCUT2D eigenvalue weighted by Gasteiger charge is 2.18. The number of amides is 1. The normalized spacial score (nSPS) is 11.9. The molecule has 1 rings (SSSR count). The monoisotopic (exact) mass is 248 g/mol. The van der Waals surface area contributed by atoms with Gasteiger partial charge in [0.2, 0.25) is 11.0 Å². The van der Waals surface area contributed by atoms with Crippen molar-refractivity contribution in [3.8, 4) is 0 Å². The Bertz CT molecular complexity index is 490. The highest BCUT2D eigenvalue weighted by atomic mass is 32.2. The summed E-state index contributed by atoms with van der Waals surface area (Å²) in [5.74, 6) is -0.339. The van der Waals surface area contributed by atoms with Gasteiger partial charge in [-0.2, -0.15) is 12.8 Å². The Labute approximate surface area is 90.3 Å². The molecule has 1 aromatic heterocycles. The Balaban J connectivity index is 2.99. The minimum absolute atomic E-state index is 0.132. The molecule has 0 atom stereocenters. The molecule has 15 heavy (non-hydrogen) atoms. The van der Waals surface area contributed by atoms with Gasteiger partial charge in [0.1, 0.15) is 0 Å². The third-order valence-electron chi connectivity index (χ3n) is 1.15. The van der Waals surface area contributed by atoms with E-state index in [1.165, 1.54) is 13.8 Å². The maximum absolute atomic E-state index is 11.3. The number of carbonyl (C=O) groups excluding carboxylic acids is 1. The predicted molar refractivity (Wildman–Crippen MR) is 55.6 cm³/mol. The zero-order valence-corrected chi connectivity index (χ0v) is 9.59. The quantitative estimate of drug-likeness (QED) is 0.611. The molecule has 82 valence electrons. The van der Waals surface area contributed by atoms with Crippen LogP contribution in [0.1, 0.15) is 13.8 Å². The molecule has 1 amide bonds. The summed E-state index contributed by atoms with van der Waals surface area (Å²) in [6.45, 7) is 2.77. The Morgan fingerprint density at radius 1 is 1.53 bits per heavy atom. The summed E-state index contributed by atoms with van der Waals surface area (Å²) in [6, 6.07) is 0. The number of hydrogen-bond donors (Lipinski definition) is 1. The minimum Gasteiger partial charge on any atom is -0.301 e. The maximum Gasteiger partial charge on any atom is 0.311 e. The van der Waals surface area contributed by atoms with E-state index >= 15 is 0 Å². The standard InChI is InChI=1S/C6H8N4O3S2/c1-3-7-15(12,13)6-10-9-5(14-6)8-4(2)11/h3H,1-2H3,(H,8,9,11)/b7-3+. The van der Waals surface area contributed by atoms with Gasteiger partial charge in [0, 0.05) is 13.1 Å². The Morgan fingerprint density at radius 2 is 2.20 bits per heavy atom. The topological polar surface area (TPSA) is 101 Å². The summed E-state index contributed by atoms with van der Waals surface area (Å²) in [7, 11) is -3.76. The molecule has 0 bridgehead atoms. The van der Waals surface area contributed by atoms with Crippen molar-refractivity contribution in [3.63, 3.8) is 0 Å². The van der Waals surface area contributed by atoms with Gasteiger partial charge in [0.15, 0.2) is 0 Å². The first kappa shape index (κ1) is 11.7. The van der Waals surface area contributed by atoms with E-state index in [0.29, 0.717) is 0 Å². The number of aromatic nitrogens is 2. The first-order valence-electron chi connectivity index (χ1n) is 3.82. The van der Waals surface area contributed by atoms with Crippen molar-refractivity contribution in [3.05, 3.63) is 0 Å². The van der Waals surface area contributed by atoms with Crippen LogP contribution in [-0.2, 0) is 14.8 Å². The number of hydrogen-bond acceptors (Lipinski definition) is 6. The van der Waals surface area contributed by atoms with E-state index in [2.05, 4.69) is 19.9 Å². The average molecular weight is 248 g/mol. The summed E-state index contributed by atoms with van der Waals surface area (Å²) < 4.78 is 25.7. The highest BCUT2D eigenvalue weighted by molar-refractivity contribution is 7.92. The molecule has 7 nitrogen and oxygen atoms in total. The largest absolute Gasteiger partial charge is 0.311 e. The van der Waals surface area contributed by atoms with Crippen LogP contribution in [0.5, 0.6) is 0 Å². The average Bonchev–Trinajstić information content (AvgIpc) is 2.51. The van der Waals surface area contributed by atoms with Crippen molar-refractivity contribution in [1.82, 2.24) is 10.2 Å². The second kappa shape index (κ2) is 4.45. The van der Waals surface area contributed by atoms with Crippen molar-refractivity contribution in [2.45, 2.75) is 18.2 Å². The van der Waals surface area contributed by atoms with E-state index in [1.807, 2.05) is 0 Å². The van der Waals surface area contributed by atoms with Gasteiger partial charge < -0.3 is 5.32 Å². The molecule has 0 fully saturated rings. The third-order valence-corrected chi connectivity index (χ3v) is 3.68. The van der Waals surface area contributed by atoms with Gasteiger partial charge in [-0.1, -0.05) is 11.3 Å². The SMILES string of the molecule is C/C=N/S(=O)(=O)c1nnc(NC(C)=O)s1. The van der Waals surface area contributed by atoms with Gasteiger partial charge >= 0.3 is 10.0 Å². The molecule has 0 radical (unpaired) electrons. The molecule has 0 spiro atoms. The van der Waals surface area contributed by atoms with E-state index in [9.17, 15) is 13.2 Å². The molecule has 0 unspecified atom stereocenters. The number of nitrogens with zero attached hydrogens (tertiary/aromatic N) is 3. The Hall–Kier alpha value is -1.35. The molecule has 1 N–H and O–H groups in total. The zero-order chi connectivity index (χ0) is 11.5. The lowest BCUT2D eigenvalue weighted by molar-refractivity contribution is -0.114. The van der Waals surface area contributed by atoms with E-state index in [0.717, 1.165) is 17.6 Å². The summed E-state index contributed by atoms with van der Waals surface area (Å²) in [6.07, 6.45) is 1.15. The summed E-state index contributed by atoms with van der Waals surface area (Å²) in [4.78, 5) is 10.6. The van der Waals surface area contributed by atoms with Crippen molar-refractivity contribution >= 4 is 38.6 Å². The molecule has 0 aliphatic rings. The van der Waals surface area contributed by atoms with Crippen LogP contribution in [0.3, 0.4) is 0 Å². The Morgan fingerprint density at radius 3 is 2.73 bits per heavy atom. The third kappa shape index (κ3) is 3.06. The maximum atomic E-state index is 11.3. The van der Waals surface area contributed by atoms with Gasteiger partial charge in [-0.05, 0) is 6.92 Å². The molecule has 0 aliphatic carbocycles. The second-order valence-corrected chi connectivity index (χ2v) is 5.18. The fourth-order valence-electron chi connectivity index (χ4n) is 0.699. The molecule has 1 aromatic rings. The number of rotatable bonds is 3. The van der Waals surface area contributed by atoms with Crippen LogP contribution in [0.25, 0.3) is 0 Å². The van der Waals surface area contributed by atoms with Crippen LogP contribution in [0.15, 0.2) is 8.74 Å². The lowest BCUT2D eigenvalue weighted by Crippen LogP contribution is -2.04. The van der Waals surface area contributed by atoms with Crippen LogP contribution < -0.4 is 5.32 Å². The number of sulfonamides is 1. The van der Waals surface area contributed by atoms with Gasteiger partial charge in [-0.25, -0.2) is 0 Å². The number of nitrogens with one attached hydrogen (secondary N) is 1. The minimum atomic E-state index is -3.76. The van der Waals surface area contributed by atoms with E-state index in [1.54, 1.807) is 0 Å². The van der Waals surface area contributed by atoms with Crippen LogP contribution in [0.2, 0.25) is 0 Å². The summed E-state index contributed by atoms with van der Waals surface area (Å²) in [5, 5.41) is 9.36. The van der Waals surface area contributed by atoms with Crippen molar-refractivity contribution in [2.24, 2.45) is 4.40 Å². The summed E-state index contributed by atoms with van der Waals surface area (Å²) in [5.41, 5.74) is 0. The predicted octanol–water partition coefficient (Wildman–Crippen LogP) is 0.276. The van der Waals surface area contributed by atoms with Crippen LogP contribution in [0.4, 0.5) is 5.13 Å². The number of anilines is 1. The lowest BCUT2D eigenvalue weighted by atomic mass is 10.7. The van der Waals surface area contributed by atoms with Gasteiger partial charge in [0.25, 0.3) is 4.34 Å². The highest BCUT2D eigenvalue weighted by Crippen LogP contribution is 2.21. The second-order valence-electron chi connectivity index (χ2n) is 2.39. The molecule has 0 saturated carbocycles. The van der Waals surface area contributed by atoms with Gasteiger partial charge in [0.05, 0.1) is 0 Å². The van der Waals surface area contributed by atoms with E-state index in [4.69, 9.17) is 0 Å². The first-order chi connectivity index (χ1) is 6.95. The fraction of sp³-hybridized carbons (Fsp3) is 0.333.